The van der Waals surface area contributed by atoms with Gasteiger partial charge in [0, 0.05) is 17.5 Å². The SMILES string of the molecule is CCC1C(=O)CN(C(C)(C)C)C1C. The molecule has 2 atom stereocenters. The van der Waals surface area contributed by atoms with E-state index >= 15 is 0 Å². The van der Waals surface area contributed by atoms with Crippen LogP contribution in [0.25, 0.3) is 0 Å². The summed E-state index contributed by atoms with van der Waals surface area (Å²) in [5.74, 6) is 0.684. The van der Waals surface area contributed by atoms with Crippen molar-refractivity contribution >= 4 is 5.78 Å². The van der Waals surface area contributed by atoms with Crippen LogP contribution in [0.15, 0.2) is 0 Å². The standard InChI is InChI=1S/C11H21NO/c1-6-9-8(2)12(7-10(9)13)11(3,4)5/h8-9H,6-7H2,1-5H3. The second kappa shape index (κ2) is 3.41. The van der Waals surface area contributed by atoms with E-state index in [1.807, 2.05) is 0 Å². The van der Waals surface area contributed by atoms with Gasteiger partial charge in [-0.25, -0.2) is 0 Å². The van der Waals surface area contributed by atoms with Crippen LogP contribution in [0.4, 0.5) is 0 Å². The summed E-state index contributed by atoms with van der Waals surface area (Å²) in [6, 6.07) is 0.414. The number of carbonyl (C=O) groups excluding carboxylic acids is 1. The highest BCUT2D eigenvalue weighted by atomic mass is 16.1. The molecule has 13 heavy (non-hydrogen) atoms. The van der Waals surface area contributed by atoms with Gasteiger partial charge >= 0.3 is 0 Å². The Kier molecular flexibility index (Phi) is 2.81. The topological polar surface area (TPSA) is 20.3 Å². The summed E-state index contributed by atoms with van der Waals surface area (Å²) >= 11 is 0. The number of rotatable bonds is 1. The molecule has 0 amide bonds. The van der Waals surface area contributed by atoms with E-state index in [2.05, 4.69) is 39.5 Å². The average Bonchev–Trinajstić information content (AvgIpc) is 2.25. The molecule has 0 aromatic carbocycles. The number of nitrogens with zero attached hydrogens (tertiary/aromatic N) is 1. The molecule has 1 aliphatic heterocycles. The third kappa shape index (κ3) is 1.93. The molecule has 2 nitrogen and oxygen atoms in total. The first-order chi connectivity index (χ1) is 5.88. The normalized spacial score (nSPS) is 31.3. The largest absolute Gasteiger partial charge is 0.298 e. The summed E-state index contributed by atoms with van der Waals surface area (Å²) in [6.07, 6.45) is 0.979. The van der Waals surface area contributed by atoms with Gasteiger partial charge in [0.25, 0.3) is 0 Å². The smallest absolute Gasteiger partial charge is 0.151 e. The summed E-state index contributed by atoms with van der Waals surface area (Å²) in [5, 5.41) is 0. The fourth-order valence-corrected chi connectivity index (χ4v) is 2.33. The third-order valence-electron chi connectivity index (χ3n) is 3.12. The lowest BCUT2D eigenvalue weighted by atomic mass is 9.96. The highest BCUT2D eigenvalue weighted by molar-refractivity contribution is 5.85. The Balaban J connectivity index is 2.79. The number of hydrogen-bond acceptors (Lipinski definition) is 2. The molecule has 76 valence electrons. The van der Waals surface area contributed by atoms with E-state index < -0.39 is 0 Å². The molecular weight excluding hydrogens is 162 g/mol. The number of likely N-dealkylation sites (tertiary alicyclic amines) is 1. The quantitative estimate of drug-likeness (QED) is 0.620. The second-order valence-corrected chi connectivity index (χ2v) is 5.02. The summed E-state index contributed by atoms with van der Waals surface area (Å²) in [6.45, 7) is 11.4. The molecule has 0 N–H and O–H groups in total. The van der Waals surface area contributed by atoms with Gasteiger partial charge in [-0.1, -0.05) is 6.92 Å². The minimum absolute atomic E-state index is 0.124. The minimum Gasteiger partial charge on any atom is -0.298 e. The van der Waals surface area contributed by atoms with Crippen LogP contribution >= 0.6 is 0 Å². The van der Waals surface area contributed by atoms with Gasteiger partial charge in [0.15, 0.2) is 5.78 Å². The summed E-state index contributed by atoms with van der Waals surface area (Å²) in [4.78, 5) is 13.9. The van der Waals surface area contributed by atoms with Crippen molar-refractivity contribution in [3.8, 4) is 0 Å². The van der Waals surface area contributed by atoms with Gasteiger partial charge in [-0.3, -0.25) is 9.69 Å². The Morgan fingerprint density at radius 1 is 1.46 bits per heavy atom. The molecule has 0 aromatic heterocycles. The van der Waals surface area contributed by atoms with Gasteiger partial charge in [0.05, 0.1) is 6.54 Å². The van der Waals surface area contributed by atoms with Crippen LogP contribution < -0.4 is 0 Å². The van der Waals surface area contributed by atoms with Crippen molar-refractivity contribution < 1.29 is 4.79 Å². The second-order valence-electron chi connectivity index (χ2n) is 5.02. The van der Waals surface area contributed by atoms with Crippen molar-refractivity contribution in [1.29, 1.82) is 0 Å². The maximum Gasteiger partial charge on any atom is 0.151 e. The molecule has 0 saturated carbocycles. The molecule has 1 heterocycles. The van der Waals surface area contributed by atoms with E-state index in [1.54, 1.807) is 0 Å². The average molecular weight is 183 g/mol. The zero-order chi connectivity index (χ0) is 10.2. The molecule has 0 radical (unpaired) electrons. The molecular formula is C11H21NO. The fourth-order valence-electron chi connectivity index (χ4n) is 2.33. The van der Waals surface area contributed by atoms with Gasteiger partial charge in [0.2, 0.25) is 0 Å². The van der Waals surface area contributed by atoms with E-state index in [-0.39, 0.29) is 11.5 Å². The highest BCUT2D eigenvalue weighted by Gasteiger charge is 2.41. The predicted octanol–water partition coefficient (Wildman–Crippen LogP) is 2.08. The van der Waals surface area contributed by atoms with Crippen molar-refractivity contribution in [2.45, 2.75) is 52.6 Å². The molecule has 0 spiro atoms. The molecule has 2 unspecified atom stereocenters. The molecule has 1 saturated heterocycles. The van der Waals surface area contributed by atoms with Crippen LogP contribution in [0.2, 0.25) is 0 Å². The lowest BCUT2D eigenvalue weighted by Crippen LogP contribution is -2.44. The van der Waals surface area contributed by atoms with E-state index in [0.717, 1.165) is 6.42 Å². The zero-order valence-corrected chi connectivity index (χ0v) is 9.42. The number of hydrogen-bond donors (Lipinski definition) is 0. The Bertz CT molecular complexity index is 205. The summed E-state index contributed by atoms with van der Waals surface area (Å²) in [5.41, 5.74) is 0.124. The van der Waals surface area contributed by atoms with Gasteiger partial charge in [0.1, 0.15) is 0 Å². The van der Waals surface area contributed by atoms with Crippen molar-refractivity contribution in [2.75, 3.05) is 6.54 Å². The molecule has 0 bridgehead atoms. The van der Waals surface area contributed by atoms with Crippen LogP contribution in [-0.2, 0) is 4.79 Å². The van der Waals surface area contributed by atoms with Gasteiger partial charge in [-0.05, 0) is 34.1 Å². The van der Waals surface area contributed by atoms with Crippen molar-refractivity contribution in [2.24, 2.45) is 5.92 Å². The fraction of sp³-hybridized carbons (Fsp3) is 0.909. The van der Waals surface area contributed by atoms with Gasteiger partial charge < -0.3 is 0 Å². The molecule has 0 aromatic rings. The van der Waals surface area contributed by atoms with Crippen molar-refractivity contribution in [3.05, 3.63) is 0 Å². The first-order valence-electron chi connectivity index (χ1n) is 5.17. The third-order valence-corrected chi connectivity index (χ3v) is 3.12. The van der Waals surface area contributed by atoms with E-state index in [4.69, 9.17) is 0 Å². The Labute approximate surface area is 81.3 Å². The Morgan fingerprint density at radius 3 is 2.23 bits per heavy atom. The first kappa shape index (κ1) is 10.7. The number of Topliss-reactive ketones (excluding diaryl/α,β-unsaturated/α-hetero) is 1. The number of ketones is 1. The van der Waals surface area contributed by atoms with Crippen LogP contribution in [0.3, 0.4) is 0 Å². The molecule has 1 fully saturated rings. The van der Waals surface area contributed by atoms with Crippen LogP contribution in [0.5, 0.6) is 0 Å². The lowest BCUT2D eigenvalue weighted by molar-refractivity contribution is -0.120. The summed E-state index contributed by atoms with van der Waals surface area (Å²) < 4.78 is 0. The molecule has 2 heteroatoms. The van der Waals surface area contributed by atoms with Gasteiger partial charge in [-0.2, -0.15) is 0 Å². The van der Waals surface area contributed by atoms with Crippen LogP contribution in [-0.4, -0.2) is 28.8 Å². The zero-order valence-electron chi connectivity index (χ0n) is 9.42. The highest BCUT2D eigenvalue weighted by Crippen LogP contribution is 2.29. The predicted molar refractivity (Wildman–Crippen MR) is 54.7 cm³/mol. The van der Waals surface area contributed by atoms with Crippen molar-refractivity contribution in [1.82, 2.24) is 4.90 Å². The summed E-state index contributed by atoms with van der Waals surface area (Å²) in [7, 11) is 0. The Morgan fingerprint density at radius 2 is 2.00 bits per heavy atom. The first-order valence-corrected chi connectivity index (χ1v) is 5.17. The van der Waals surface area contributed by atoms with Crippen molar-refractivity contribution in [3.63, 3.8) is 0 Å². The van der Waals surface area contributed by atoms with E-state index in [1.165, 1.54) is 0 Å². The van der Waals surface area contributed by atoms with Crippen LogP contribution in [0, 0.1) is 5.92 Å². The molecule has 0 aliphatic carbocycles. The maximum absolute atomic E-state index is 11.6. The Hall–Kier alpha value is -0.370. The van der Waals surface area contributed by atoms with Gasteiger partial charge in [-0.15, -0.1) is 0 Å². The number of carbonyl (C=O) groups is 1. The van der Waals surface area contributed by atoms with E-state index in [9.17, 15) is 4.79 Å². The lowest BCUT2D eigenvalue weighted by Gasteiger charge is -2.35. The van der Waals surface area contributed by atoms with Crippen LogP contribution in [0.1, 0.15) is 41.0 Å². The monoisotopic (exact) mass is 183 g/mol. The molecule has 1 rings (SSSR count). The van der Waals surface area contributed by atoms with E-state index in [0.29, 0.717) is 18.4 Å². The molecule has 1 aliphatic rings. The minimum atomic E-state index is 0.124. The maximum atomic E-state index is 11.6.